The zero-order valence-electron chi connectivity index (χ0n) is 9.76. The van der Waals surface area contributed by atoms with Crippen molar-refractivity contribution in [2.45, 2.75) is 39.3 Å². The van der Waals surface area contributed by atoms with Gasteiger partial charge in [0.1, 0.15) is 5.54 Å². The molecule has 0 saturated heterocycles. The number of primary amides is 1. The van der Waals surface area contributed by atoms with Gasteiger partial charge in [0.25, 0.3) is 0 Å². The predicted molar refractivity (Wildman–Crippen MR) is 56.9 cm³/mol. The first-order valence-corrected chi connectivity index (χ1v) is 4.94. The van der Waals surface area contributed by atoms with E-state index in [0.717, 1.165) is 0 Å². The number of rotatable bonds is 6. The van der Waals surface area contributed by atoms with E-state index in [1.165, 1.54) is 0 Å². The molecule has 4 nitrogen and oxygen atoms in total. The van der Waals surface area contributed by atoms with E-state index in [1.807, 2.05) is 6.92 Å². The summed E-state index contributed by atoms with van der Waals surface area (Å²) >= 11 is 0. The molecule has 0 saturated carbocycles. The summed E-state index contributed by atoms with van der Waals surface area (Å²) in [7, 11) is 1.70. The molecule has 2 atom stereocenters. The molecular formula is C10H22N2O2. The second-order valence-electron chi connectivity index (χ2n) is 4.21. The van der Waals surface area contributed by atoms with Crippen LogP contribution in [0.4, 0.5) is 0 Å². The lowest BCUT2D eigenvalue weighted by Gasteiger charge is -2.28. The molecule has 0 radical (unpaired) electrons. The Morgan fingerprint density at radius 3 is 2.29 bits per heavy atom. The van der Waals surface area contributed by atoms with Crippen molar-refractivity contribution >= 4 is 5.91 Å². The highest BCUT2D eigenvalue weighted by atomic mass is 16.5. The highest BCUT2D eigenvalue weighted by Crippen LogP contribution is 2.10. The lowest BCUT2D eigenvalue weighted by Crippen LogP contribution is -2.55. The van der Waals surface area contributed by atoms with Crippen molar-refractivity contribution < 1.29 is 9.53 Å². The molecule has 0 aromatic carbocycles. The Hall–Kier alpha value is -0.610. The van der Waals surface area contributed by atoms with Crippen LogP contribution in [0.1, 0.15) is 27.7 Å². The second-order valence-corrected chi connectivity index (χ2v) is 4.21. The van der Waals surface area contributed by atoms with Crippen LogP contribution in [0.5, 0.6) is 0 Å². The third-order valence-corrected chi connectivity index (χ3v) is 2.67. The fourth-order valence-electron chi connectivity index (χ4n) is 0.757. The van der Waals surface area contributed by atoms with Gasteiger partial charge in [-0.1, -0.05) is 13.8 Å². The SMILES string of the molecule is CNC(C)(COC(C)C(C)C)C(N)=O. The van der Waals surface area contributed by atoms with Crippen molar-refractivity contribution in [3.05, 3.63) is 0 Å². The van der Waals surface area contributed by atoms with Gasteiger partial charge < -0.3 is 15.8 Å². The van der Waals surface area contributed by atoms with Gasteiger partial charge in [-0.25, -0.2) is 0 Å². The van der Waals surface area contributed by atoms with Crippen LogP contribution in [0.2, 0.25) is 0 Å². The summed E-state index contributed by atoms with van der Waals surface area (Å²) in [6.45, 7) is 8.18. The molecule has 0 aromatic heterocycles. The van der Waals surface area contributed by atoms with E-state index in [1.54, 1.807) is 14.0 Å². The first kappa shape index (κ1) is 13.4. The average molecular weight is 202 g/mol. The first-order chi connectivity index (χ1) is 6.33. The minimum Gasteiger partial charge on any atom is -0.376 e. The van der Waals surface area contributed by atoms with Crippen LogP contribution in [0.25, 0.3) is 0 Å². The third-order valence-electron chi connectivity index (χ3n) is 2.67. The van der Waals surface area contributed by atoms with Gasteiger partial charge in [-0.2, -0.15) is 0 Å². The van der Waals surface area contributed by atoms with Gasteiger partial charge in [0.05, 0.1) is 12.7 Å². The predicted octanol–water partition coefficient (Wildman–Crippen LogP) is 0.511. The number of carbonyl (C=O) groups excluding carboxylic acids is 1. The quantitative estimate of drug-likeness (QED) is 0.659. The molecule has 0 spiro atoms. The van der Waals surface area contributed by atoms with Crippen LogP contribution in [0.3, 0.4) is 0 Å². The Kier molecular flexibility index (Phi) is 5.08. The lowest BCUT2D eigenvalue weighted by atomic mass is 10.0. The number of carbonyl (C=O) groups is 1. The van der Waals surface area contributed by atoms with Gasteiger partial charge in [-0.3, -0.25) is 4.79 Å². The van der Waals surface area contributed by atoms with E-state index in [2.05, 4.69) is 19.2 Å². The summed E-state index contributed by atoms with van der Waals surface area (Å²) in [6.07, 6.45) is 0.127. The van der Waals surface area contributed by atoms with E-state index < -0.39 is 11.4 Å². The Morgan fingerprint density at radius 2 is 2.00 bits per heavy atom. The highest BCUT2D eigenvalue weighted by molar-refractivity contribution is 5.84. The smallest absolute Gasteiger partial charge is 0.239 e. The summed E-state index contributed by atoms with van der Waals surface area (Å²) in [5.41, 5.74) is 4.49. The van der Waals surface area contributed by atoms with E-state index in [9.17, 15) is 4.79 Å². The number of ether oxygens (including phenoxy) is 1. The average Bonchev–Trinajstić information content (AvgIpc) is 2.12. The lowest BCUT2D eigenvalue weighted by molar-refractivity contribution is -0.127. The number of amides is 1. The first-order valence-electron chi connectivity index (χ1n) is 4.94. The molecule has 4 heteroatoms. The molecule has 0 rings (SSSR count). The van der Waals surface area contributed by atoms with Crippen LogP contribution < -0.4 is 11.1 Å². The van der Waals surface area contributed by atoms with Crippen LogP contribution >= 0.6 is 0 Å². The molecule has 0 aliphatic rings. The molecule has 0 aliphatic carbocycles. The molecule has 2 unspecified atom stereocenters. The van der Waals surface area contributed by atoms with Gasteiger partial charge in [0.2, 0.25) is 5.91 Å². The van der Waals surface area contributed by atoms with Gasteiger partial charge in [0.15, 0.2) is 0 Å². The summed E-state index contributed by atoms with van der Waals surface area (Å²) in [4.78, 5) is 11.1. The van der Waals surface area contributed by atoms with Gasteiger partial charge in [0, 0.05) is 0 Å². The number of hydrogen-bond acceptors (Lipinski definition) is 3. The molecule has 0 fully saturated rings. The van der Waals surface area contributed by atoms with Crippen LogP contribution in [-0.4, -0.2) is 31.2 Å². The summed E-state index contributed by atoms with van der Waals surface area (Å²) in [5.74, 6) is 0.0416. The molecule has 14 heavy (non-hydrogen) atoms. The van der Waals surface area contributed by atoms with Crippen LogP contribution in [0, 0.1) is 5.92 Å². The maximum atomic E-state index is 11.1. The monoisotopic (exact) mass is 202 g/mol. The minimum absolute atomic E-state index is 0.127. The van der Waals surface area contributed by atoms with E-state index in [4.69, 9.17) is 10.5 Å². The Morgan fingerprint density at radius 1 is 1.50 bits per heavy atom. The van der Waals surface area contributed by atoms with Gasteiger partial charge in [-0.15, -0.1) is 0 Å². The molecule has 3 N–H and O–H groups in total. The molecule has 0 bridgehead atoms. The largest absolute Gasteiger partial charge is 0.376 e. The molecule has 0 aliphatic heterocycles. The van der Waals surface area contributed by atoms with Crippen molar-refractivity contribution in [3.63, 3.8) is 0 Å². The van der Waals surface area contributed by atoms with Gasteiger partial charge >= 0.3 is 0 Å². The van der Waals surface area contributed by atoms with Gasteiger partial charge in [-0.05, 0) is 26.8 Å². The van der Waals surface area contributed by atoms with Crippen molar-refractivity contribution in [1.82, 2.24) is 5.32 Å². The van der Waals surface area contributed by atoms with E-state index >= 15 is 0 Å². The maximum Gasteiger partial charge on any atom is 0.239 e. The standard InChI is InChI=1S/C10H22N2O2/c1-7(2)8(3)14-6-10(4,12-5)9(11)13/h7-8,12H,6H2,1-5H3,(H2,11,13). The molecule has 0 heterocycles. The maximum absolute atomic E-state index is 11.1. The van der Waals surface area contributed by atoms with Crippen LogP contribution in [-0.2, 0) is 9.53 Å². The minimum atomic E-state index is -0.775. The van der Waals surface area contributed by atoms with Crippen LogP contribution in [0.15, 0.2) is 0 Å². The summed E-state index contributed by atoms with van der Waals surface area (Å²) < 4.78 is 5.56. The normalized spacial score (nSPS) is 17.9. The molecule has 1 amide bonds. The Labute approximate surface area is 86.2 Å². The Bertz CT molecular complexity index is 195. The van der Waals surface area contributed by atoms with E-state index in [-0.39, 0.29) is 6.10 Å². The Balaban J connectivity index is 4.15. The second kappa shape index (κ2) is 5.32. The molecular weight excluding hydrogens is 180 g/mol. The topological polar surface area (TPSA) is 64.3 Å². The fraction of sp³-hybridized carbons (Fsp3) is 0.900. The number of nitrogens with two attached hydrogens (primary N) is 1. The number of likely N-dealkylation sites (N-methyl/N-ethyl adjacent to an activating group) is 1. The van der Waals surface area contributed by atoms with Crippen molar-refractivity contribution in [1.29, 1.82) is 0 Å². The van der Waals surface area contributed by atoms with Crippen molar-refractivity contribution in [2.75, 3.05) is 13.7 Å². The van der Waals surface area contributed by atoms with Crippen molar-refractivity contribution in [2.24, 2.45) is 11.7 Å². The molecule has 84 valence electrons. The highest BCUT2D eigenvalue weighted by Gasteiger charge is 2.30. The molecule has 0 aromatic rings. The summed E-state index contributed by atoms with van der Waals surface area (Å²) in [5, 5.41) is 2.87. The summed E-state index contributed by atoms with van der Waals surface area (Å²) in [6, 6.07) is 0. The zero-order chi connectivity index (χ0) is 11.4. The van der Waals surface area contributed by atoms with Crippen molar-refractivity contribution in [3.8, 4) is 0 Å². The third kappa shape index (κ3) is 3.64. The fourth-order valence-corrected chi connectivity index (χ4v) is 0.757. The number of hydrogen-bond donors (Lipinski definition) is 2. The van der Waals surface area contributed by atoms with E-state index in [0.29, 0.717) is 12.5 Å². The zero-order valence-corrected chi connectivity index (χ0v) is 9.76. The number of nitrogens with one attached hydrogen (secondary N) is 1.